The fraction of sp³-hybridized carbons (Fsp3) is 0.400. The minimum Gasteiger partial charge on any atom is -0.464 e. The van der Waals surface area contributed by atoms with Gasteiger partial charge in [-0.2, -0.15) is 0 Å². The van der Waals surface area contributed by atoms with Gasteiger partial charge in [0, 0.05) is 19.0 Å². The third kappa shape index (κ3) is 6.99. The zero-order valence-electron chi connectivity index (χ0n) is 9.86. The van der Waals surface area contributed by atoms with Gasteiger partial charge in [0.05, 0.1) is 5.57 Å². The highest BCUT2D eigenvalue weighted by molar-refractivity contribution is 6.19. The van der Waals surface area contributed by atoms with Crippen molar-refractivity contribution in [2.24, 2.45) is 5.73 Å². The highest BCUT2D eigenvalue weighted by Crippen LogP contribution is 2.05. The van der Waals surface area contributed by atoms with Gasteiger partial charge < -0.3 is 16.3 Å². The van der Waals surface area contributed by atoms with Crippen molar-refractivity contribution in [1.82, 2.24) is 10.9 Å². The molecule has 0 saturated carbocycles. The number of carbonyl (C=O) groups is 4. The van der Waals surface area contributed by atoms with Crippen LogP contribution < -0.4 is 16.6 Å². The van der Waals surface area contributed by atoms with Gasteiger partial charge >= 0.3 is 6.09 Å². The van der Waals surface area contributed by atoms with Gasteiger partial charge in [-0.1, -0.05) is 0 Å². The second kappa shape index (κ2) is 7.82. The molecule has 0 aromatic rings. The summed E-state index contributed by atoms with van der Waals surface area (Å²) in [7, 11) is 0. The van der Waals surface area contributed by atoms with Crippen LogP contribution in [0.3, 0.4) is 0 Å². The van der Waals surface area contributed by atoms with Crippen LogP contribution in [0.2, 0.25) is 0 Å². The monoisotopic (exact) mass is 257 g/mol. The smallest absolute Gasteiger partial charge is 0.423 e. The van der Waals surface area contributed by atoms with Gasteiger partial charge in [0.1, 0.15) is 0 Å². The maximum absolute atomic E-state index is 11.6. The Morgan fingerprint density at radius 3 is 2.28 bits per heavy atom. The highest BCUT2D eigenvalue weighted by Gasteiger charge is 2.14. The predicted octanol–water partition coefficient (Wildman–Crippen LogP) is -0.544. The molecule has 0 bridgehead atoms. The quantitative estimate of drug-likeness (QED) is 0.199. The van der Waals surface area contributed by atoms with E-state index >= 15 is 0 Å². The fourth-order valence-electron chi connectivity index (χ4n) is 1.11. The van der Waals surface area contributed by atoms with E-state index in [-0.39, 0.29) is 24.8 Å². The molecular formula is C10H15N3O5. The van der Waals surface area contributed by atoms with Crippen molar-refractivity contribution < 1.29 is 24.3 Å². The second-order valence-electron chi connectivity index (χ2n) is 3.43. The van der Waals surface area contributed by atoms with Crippen LogP contribution in [0, 0.1) is 0 Å². The van der Waals surface area contributed by atoms with Crippen molar-refractivity contribution in [3.8, 4) is 0 Å². The van der Waals surface area contributed by atoms with Gasteiger partial charge in [-0.15, -0.1) is 0 Å². The number of Topliss-reactive ketones (excluding diaryl/α,β-unsaturated/α-hetero) is 2. The fourth-order valence-corrected chi connectivity index (χ4v) is 1.11. The Balaban J connectivity index is 4.40. The molecule has 0 aliphatic rings. The van der Waals surface area contributed by atoms with Crippen LogP contribution in [0.1, 0.15) is 26.2 Å². The topological polar surface area (TPSA) is 139 Å². The summed E-state index contributed by atoms with van der Waals surface area (Å²) in [5.74, 6) is -1.51. The Kier molecular flexibility index (Phi) is 6.79. The van der Waals surface area contributed by atoms with Crippen LogP contribution in [-0.4, -0.2) is 28.7 Å². The van der Waals surface area contributed by atoms with Gasteiger partial charge in [-0.05, 0) is 13.3 Å². The number of nitrogens with two attached hydrogens (primary N) is 1. The number of carboxylic acid groups (broad SMARTS) is 1. The average Bonchev–Trinajstić information content (AvgIpc) is 2.22. The molecule has 0 rings (SSSR count). The Morgan fingerprint density at radius 2 is 1.83 bits per heavy atom. The van der Waals surface area contributed by atoms with Crippen molar-refractivity contribution >= 4 is 23.6 Å². The lowest BCUT2D eigenvalue weighted by atomic mass is 10.0. The third-order valence-electron chi connectivity index (χ3n) is 1.90. The van der Waals surface area contributed by atoms with E-state index in [1.54, 1.807) is 5.43 Å². The second-order valence-corrected chi connectivity index (χ2v) is 3.43. The first-order valence-corrected chi connectivity index (χ1v) is 5.11. The lowest BCUT2D eigenvalue weighted by Gasteiger charge is -2.04. The molecule has 100 valence electrons. The van der Waals surface area contributed by atoms with E-state index in [9.17, 15) is 19.2 Å². The van der Waals surface area contributed by atoms with Crippen molar-refractivity contribution in [3.05, 3.63) is 11.8 Å². The summed E-state index contributed by atoms with van der Waals surface area (Å²) in [4.78, 5) is 43.4. The summed E-state index contributed by atoms with van der Waals surface area (Å²) in [5.41, 5.74) is 8.61. The number of allylic oxidation sites excluding steroid dienone is 1. The number of amides is 2. The van der Waals surface area contributed by atoms with Gasteiger partial charge in [0.15, 0.2) is 11.6 Å². The minimum absolute atomic E-state index is 0.0108. The van der Waals surface area contributed by atoms with Gasteiger partial charge in [-0.3, -0.25) is 14.4 Å². The van der Waals surface area contributed by atoms with Crippen molar-refractivity contribution in [2.75, 3.05) is 0 Å². The molecule has 0 aliphatic carbocycles. The standard InChI is InChI=1S/C10H15N3O5/c1-6(14)7(5-12-13-10(17)18)8(15)3-2-4-9(11)16/h5,12-13H,2-4H2,1H3,(H2,11,16)(H,17,18)/b7-5-. The lowest BCUT2D eigenvalue weighted by Crippen LogP contribution is -2.33. The molecule has 18 heavy (non-hydrogen) atoms. The first-order valence-electron chi connectivity index (χ1n) is 5.11. The Hall–Kier alpha value is -2.38. The molecule has 0 saturated heterocycles. The Labute approximate surface area is 103 Å². The maximum Gasteiger partial charge on any atom is 0.423 e. The van der Waals surface area contributed by atoms with Crippen LogP contribution in [0.25, 0.3) is 0 Å². The van der Waals surface area contributed by atoms with E-state index in [4.69, 9.17) is 10.8 Å². The third-order valence-corrected chi connectivity index (χ3v) is 1.90. The molecule has 0 unspecified atom stereocenters. The molecule has 0 aromatic carbocycles. The number of nitrogens with one attached hydrogen (secondary N) is 2. The average molecular weight is 257 g/mol. The molecule has 2 amide bonds. The molecule has 0 spiro atoms. The zero-order chi connectivity index (χ0) is 14.1. The number of rotatable bonds is 8. The lowest BCUT2D eigenvalue weighted by molar-refractivity contribution is -0.120. The van der Waals surface area contributed by atoms with Gasteiger partial charge in [-0.25, -0.2) is 10.2 Å². The normalized spacial score (nSPS) is 10.6. The van der Waals surface area contributed by atoms with Crippen molar-refractivity contribution in [2.45, 2.75) is 26.2 Å². The van der Waals surface area contributed by atoms with E-state index in [0.29, 0.717) is 0 Å². The highest BCUT2D eigenvalue weighted by atomic mass is 16.4. The number of primary amides is 1. The van der Waals surface area contributed by atoms with Crippen LogP contribution >= 0.6 is 0 Å². The van der Waals surface area contributed by atoms with Crippen LogP contribution in [-0.2, 0) is 14.4 Å². The Morgan fingerprint density at radius 1 is 1.22 bits per heavy atom. The molecule has 5 N–H and O–H groups in total. The van der Waals surface area contributed by atoms with Gasteiger partial charge in [0.2, 0.25) is 5.91 Å². The maximum atomic E-state index is 11.6. The molecule has 0 fully saturated rings. The number of ketones is 2. The van der Waals surface area contributed by atoms with E-state index < -0.39 is 23.6 Å². The first-order chi connectivity index (χ1) is 8.34. The van der Waals surface area contributed by atoms with E-state index in [1.165, 1.54) is 6.92 Å². The molecule has 8 heteroatoms. The minimum atomic E-state index is -1.35. The van der Waals surface area contributed by atoms with E-state index in [1.807, 2.05) is 0 Å². The number of carbonyl (C=O) groups excluding carboxylic acids is 3. The van der Waals surface area contributed by atoms with Crippen molar-refractivity contribution in [3.63, 3.8) is 0 Å². The number of hydrogen-bond donors (Lipinski definition) is 4. The molecule has 0 radical (unpaired) electrons. The molecule has 0 heterocycles. The molecule has 0 aromatic heterocycles. The summed E-state index contributed by atoms with van der Waals surface area (Å²) < 4.78 is 0. The van der Waals surface area contributed by atoms with E-state index in [0.717, 1.165) is 6.20 Å². The largest absolute Gasteiger partial charge is 0.464 e. The molecule has 0 aliphatic heterocycles. The summed E-state index contributed by atoms with van der Waals surface area (Å²) in [6.45, 7) is 1.18. The summed E-state index contributed by atoms with van der Waals surface area (Å²) >= 11 is 0. The van der Waals surface area contributed by atoms with Crippen molar-refractivity contribution in [1.29, 1.82) is 0 Å². The SMILES string of the molecule is CC(=O)/C(=C/NNC(=O)O)C(=O)CCCC(N)=O. The van der Waals surface area contributed by atoms with Crippen LogP contribution in [0.5, 0.6) is 0 Å². The van der Waals surface area contributed by atoms with E-state index in [2.05, 4.69) is 5.43 Å². The summed E-state index contributed by atoms with van der Waals surface area (Å²) in [5, 5.41) is 8.28. The van der Waals surface area contributed by atoms with Crippen LogP contribution in [0.4, 0.5) is 4.79 Å². The first kappa shape index (κ1) is 15.6. The number of hydrazine groups is 1. The zero-order valence-corrected chi connectivity index (χ0v) is 9.86. The summed E-state index contributed by atoms with van der Waals surface area (Å²) in [6.07, 6.45) is -0.0926. The number of hydrogen-bond acceptors (Lipinski definition) is 5. The molecular weight excluding hydrogens is 242 g/mol. The predicted molar refractivity (Wildman–Crippen MR) is 61.1 cm³/mol. The molecule has 0 atom stereocenters. The molecule has 8 nitrogen and oxygen atoms in total. The van der Waals surface area contributed by atoms with Crippen LogP contribution in [0.15, 0.2) is 11.8 Å². The summed E-state index contributed by atoms with van der Waals surface area (Å²) in [6, 6.07) is 0. The van der Waals surface area contributed by atoms with Gasteiger partial charge in [0.25, 0.3) is 0 Å². The Bertz CT molecular complexity index is 389.